The highest BCUT2D eigenvalue weighted by molar-refractivity contribution is 7.14. The minimum absolute atomic E-state index is 0.0841. The normalized spacial score (nSPS) is 14.3. The van der Waals surface area contributed by atoms with Gasteiger partial charge < -0.3 is 10.4 Å². The van der Waals surface area contributed by atoms with Crippen molar-refractivity contribution in [2.75, 3.05) is 6.54 Å². The average molecular weight is 269 g/mol. The van der Waals surface area contributed by atoms with Gasteiger partial charge in [-0.3, -0.25) is 4.79 Å². The van der Waals surface area contributed by atoms with E-state index < -0.39 is 5.60 Å². The third-order valence-electron chi connectivity index (χ3n) is 3.04. The van der Waals surface area contributed by atoms with E-state index in [4.69, 9.17) is 0 Å². The fourth-order valence-corrected chi connectivity index (χ4v) is 3.00. The molecule has 1 heterocycles. The van der Waals surface area contributed by atoms with E-state index in [0.717, 1.165) is 17.7 Å². The Morgan fingerprint density at radius 3 is 2.67 bits per heavy atom. The van der Waals surface area contributed by atoms with Crippen LogP contribution in [0.5, 0.6) is 0 Å². The topological polar surface area (TPSA) is 49.3 Å². The van der Waals surface area contributed by atoms with Gasteiger partial charge in [-0.25, -0.2) is 0 Å². The maximum Gasteiger partial charge on any atom is 0.261 e. The van der Waals surface area contributed by atoms with E-state index in [2.05, 4.69) is 12.2 Å². The van der Waals surface area contributed by atoms with Gasteiger partial charge in [0.15, 0.2) is 0 Å². The summed E-state index contributed by atoms with van der Waals surface area (Å²) in [5.74, 6) is -0.0841. The van der Waals surface area contributed by atoms with E-state index in [1.54, 1.807) is 6.92 Å². The number of carbonyl (C=O) groups excluding carboxylic acids is 1. The third-order valence-corrected chi connectivity index (χ3v) is 4.14. The van der Waals surface area contributed by atoms with E-state index in [1.807, 2.05) is 19.9 Å². The summed E-state index contributed by atoms with van der Waals surface area (Å²) in [4.78, 5) is 13.9. The molecular weight excluding hydrogens is 246 g/mol. The SMILES string of the molecule is CCCC(C)(O)CNC(=O)c1cc(CC)c(C)s1. The highest BCUT2D eigenvalue weighted by Gasteiger charge is 2.21. The molecule has 0 aliphatic carbocycles. The molecule has 0 aliphatic rings. The maximum absolute atomic E-state index is 12.0. The Morgan fingerprint density at radius 2 is 2.17 bits per heavy atom. The number of hydrogen-bond acceptors (Lipinski definition) is 3. The van der Waals surface area contributed by atoms with Crippen molar-refractivity contribution in [3.05, 3.63) is 21.4 Å². The van der Waals surface area contributed by atoms with Gasteiger partial charge in [0, 0.05) is 11.4 Å². The minimum atomic E-state index is -0.815. The van der Waals surface area contributed by atoms with Crippen molar-refractivity contribution in [2.45, 2.75) is 52.6 Å². The van der Waals surface area contributed by atoms with Gasteiger partial charge in [0.05, 0.1) is 10.5 Å². The second kappa shape index (κ2) is 6.34. The predicted molar refractivity (Wildman–Crippen MR) is 76.3 cm³/mol. The van der Waals surface area contributed by atoms with Crippen LogP contribution in [-0.4, -0.2) is 23.2 Å². The number of aryl methyl sites for hydroxylation is 2. The van der Waals surface area contributed by atoms with E-state index >= 15 is 0 Å². The number of thiophene rings is 1. The summed E-state index contributed by atoms with van der Waals surface area (Å²) in [6.07, 6.45) is 2.54. The molecule has 0 aromatic carbocycles. The highest BCUT2D eigenvalue weighted by Crippen LogP contribution is 2.22. The quantitative estimate of drug-likeness (QED) is 0.834. The summed E-state index contributed by atoms with van der Waals surface area (Å²) in [6.45, 7) is 8.20. The molecule has 0 spiro atoms. The molecule has 0 saturated heterocycles. The summed E-state index contributed by atoms with van der Waals surface area (Å²) in [6, 6.07) is 1.95. The van der Waals surface area contributed by atoms with Crippen molar-refractivity contribution < 1.29 is 9.90 Å². The summed E-state index contributed by atoms with van der Waals surface area (Å²) < 4.78 is 0. The van der Waals surface area contributed by atoms with Gasteiger partial charge in [-0.2, -0.15) is 0 Å². The summed E-state index contributed by atoms with van der Waals surface area (Å²) in [7, 11) is 0. The average Bonchev–Trinajstić information content (AvgIpc) is 2.67. The molecule has 1 unspecified atom stereocenters. The maximum atomic E-state index is 12.0. The first-order valence-corrected chi connectivity index (χ1v) is 7.31. The number of rotatable bonds is 6. The Kier molecular flexibility index (Phi) is 5.35. The molecule has 1 amide bonds. The molecule has 1 rings (SSSR count). The smallest absolute Gasteiger partial charge is 0.261 e. The van der Waals surface area contributed by atoms with Gasteiger partial charge in [0.25, 0.3) is 5.91 Å². The van der Waals surface area contributed by atoms with Crippen molar-refractivity contribution in [2.24, 2.45) is 0 Å². The Balaban J connectivity index is 2.60. The van der Waals surface area contributed by atoms with Crippen LogP contribution in [0.25, 0.3) is 0 Å². The van der Waals surface area contributed by atoms with Crippen LogP contribution < -0.4 is 5.32 Å². The van der Waals surface area contributed by atoms with Crippen LogP contribution in [0.1, 0.15) is 53.7 Å². The van der Waals surface area contributed by atoms with Crippen molar-refractivity contribution in [1.82, 2.24) is 5.32 Å². The molecule has 0 bridgehead atoms. The molecule has 102 valence electrons. The molecule has 1 aromatic heterocycles. The van der Waals surface area contributed by atoms with Gasteiger partial charge in [-0.15, -0.1) is 11.3 Å². The fraction of sp³-hybridized carbons (Fsp3) is 0.643. The highest BCUT2D eigenvalue weighted by atomic mass is 32.1. The molecule has 4 heteroatoms. The van der Waals surface area contributed by atoms with Crippen LogP contribution >= 0.6 is 11.3 Å². The zero-order valence-corrected chi connectivity index (χ0v) is 12.5. The standard InChI is InChI=1S/C14H23NO2S/c1-5-7-14(4,17)9-15-13(16)12-8-11(6-2)10(3)18-12/h8,17H,5-7,9H2,1-4H3,(H,15,16). The van der Waals surface area contributed by atoms with E-state index in [0.29, 0.717) is 13.0 Å². The molecule has 2 N–H and O–H groups in total. The first-order chi connectivity index (χ1) is 8.39. The van der Waals surface area contributed by atoms with E-state index in [1.165, 1.54) is 21.8 Å². The lowest BCUT2D eigenvalue weighted by Crippen LogP contribution is -2.40. The number of carbonyl (C=O) groups is 1. The molecule has 0 saturated carbocycles. The summed E-state index contributed by atoms with van der Waals surface area (Å²) >= 11 is 1.52. The lowest BCUT2D eigenvalue weighted by molar-refractivity contribution is 0.0470. The molecule has 0 aliphatic heterocycles. The van der Waals surface area contributed by atoms with Crippen molar-refractivity contribution in [3.63, 3.8) is 0 Å². The number of hydrogen-bond donors (Lipinski definition) is 2. The molecule has 1 atom stereocenters. The van der Waals surface area contributed by atoms with Crippen LogP contribution in [0.4, 0.5) is 0 Å². The lowest BCUT2D eigenvalue weighted by atomic mass is 10.0. The van der Waals surface area contributed by atoms with Gasteiger partial charge >= 0.3 is 0 Å². The Labute approximate surface area is 113 Å². The number of amides is 1. The van der Waals surface area contributed by atoms with E-state index in [-0.39, 0.29) is 5.91 Å². The minimum Gasteiger partial charge on any atom is -0.388 e. The van der Waals surface area contributed by atoms with Gasteiger partial charge in [0.2, 0.25) is 0 Å². The van der Waals surface area contributed by atoms with Crippen LogP contribution in [-0.2, 0) is 6.42 Å². The summed E-state index contributed by atoms with van der Waals surface area (Å²) in [5, 5.41) is 12.8. The van der Waals surface area contributed by atoms with Crippen LogP contribution in [0.15, 0.2) is 6.07 Å². The van der Waals surface area contributed by atoms with E-state index in [9.17, 15) is 9.90 Å². The van der Waals surface area contributed by atoms with Crippen LogP contribution in [0.2, 0.25) is 0 Å². The monoisotopic (exact) mass is 269 g/mol. The molecular formula is C14H23NO2S. The molecule has 3 nitrogen and oxygen atoms in total. The second-order valence-corrected chi connectivity index (χ2v) is 6.23. The van der Waals surface area contributed by atoms with Crippen molar-refractivity contribution in [1.29, 1.82) is 0 Å². The fourth-order valence-electron chi connectivity index (χ4n) is 1.97. The Hall–Kier alpha value is -0.870. The first-order valence-electron chi connectivity index (χ1n) is 6.49. The largest absolute Gasteiger partial charge is 0.388 e. The number of aliphatic hydroxyl groups is 1. The second-order valence-electron chi connectivity index (χ2n) is 4.98. The van der Waals surface area contributed by atoms with Gasteiger partial charge in [-0.1, -0.05) is 20.3 Å². The van der Waals surface area contributed by atoms with Crippen LogP contribution in [0, 0.1) is 6.92 Å². The first kappa shape index (κ1) is 15.2. The molecule has 18 heavy (non-hydrogen) atoms. The predicted octanol–water partition coefficient (Wildman–Crippen LogP) is 2.90. The molecule has 0 fully saturated rings. The molecule has 1 aromatic rings. The van der Waals surface area contributed by atoms with Crippen molar-refractivity contribution >= 4 is 17.2 Å². The van der Waals surface area contributed by atoms with Crippen molar-refractivity contribution in [3.8, 4) is 0 Å². The Morgan fingerprint density at radius 1 is 1.50 bits per heavy atom. The summed E-state index contributed by atoms with van der Waals surface area (Å²) in [5.41, 5.74) is 0.412. The molecule has 0 radical (unpaired) electrons. The lowest BCUT2D eigenvalue weighted by Gasteiger charge is -2.22. The van der Waals surface area contributed by atoms with Crippen LogP contribution in [0.3, 0.4) is 0 Å². The number of nitrogens with one attached hydrogen (secondary N) is 1. The van der Waals surface area contributed by atoms with Gasteiger partial charge in [0.1, 0.15) is 0 Å². The zero-order chi connectivity index (χ0) is 13.8. The zero-order valence-electron chi connectivity index (χ0n) is 11.7. The van der Waals surface area contributed by atoms with Gasteiger partial charge in [-0.05, 0) is 38.3 Å². The third kappa shape index (κ3) is 4.10. The Bertz CT molecular complexity index is 410.